The Morgan fingerprint density at radius 1 is 1.80 bits per heavy atom. The van der Waals surface area contributed by atoms with E-state index in [4.69, 9.17) is 9.84 Å². The Hall–Kier alpha value is -0.505. The van der Waals surface area contributed by atoms with Gasteiger partial charge in [0.2, 0.25) is 0 Å². The van der Waals surface area contributed by atoms with Gasteiger partial charge in [-0.3, -0.25) is 4.79 Å². The van der Waals surface area contributed by atoms with Crippen LogP contribution in [0.4, 0.5) is 0 Å². The third kappa shape index (κ3) is 3.51. The van der Waals surface area contributed by atoms with Crippen LogP contribution in [0.1, 0.15) is 20.3 Å². The van der Waals surface area contributed by atoms with Crippen LogP contribution in [0.25, 0.3) is 0 Å². The van der Waals surface area contributed by atoms with Gasteiger partial charge in [-0.2, -0.15) is 0 Å². The summed E-state index contributed by atoms with van der Waals surface area (Å²) in [6, 6.07) is -0.575. The highest BCUT2D eigenvalue weighted by atomic mass is 16.6. The van der Waals surface area contributed by atoms with E-state index < -0.39 is 6.00 Å². The molecular weight excluding hydrogens is 131 g/mol. The smallest absolute Gasteiger partial charge is 0.302 e. The summed E-state index contributed by atoms with van der Waals surface area (Å²) in [6.45, 7) is 3.20. The van der Waals surface area contributed by atoms with Crippen molar-refractivity contribution in [3.05, 3.63) is 0 Å². The van der Waals surface area contributed by atoms with E-state index >= 15 is 0 Å². The molecule has 2 atom stereocenters. The number of carbonyl (C=O) groups is 1. The molecule has 4 heteroatoms. The van der Waals surface area contributed by atoms with Crippen molar-refractivity contribution < 1.29 is 14.6 Å². The molecule has 2 unspecified atom stereocenters. The first kappa shape index (κ1) is 9.49. The van der Waals surface area contributed by atoms with Crippen LogP contribution >= 0.6 is 0 Å². The van der Waals surface area contributed by atoms with E-state index in [0.717, 1.165) is 0 Å². The summed E-state index contributed by atoms with van der Waals surface area (Å²) in [5, 5.41) is 8.98. The highest BCUT2D eigenvalue weighted by molar-refractivity contribution is 6.11. The van der Waals surface area contributed by atoms with Crippen molar-refractivity contribution in [2.24, 2.45) is 0 Å². The molecule has 0 aromatic carbocycles. The number of esters is 1. The van der Waals surface area contributed by atoms with Gasteiger partial charge >= 0.3 is 5.97 Å². The number of hydrogen-bond donors (Lipinski definition) is 1. The summed E-state index contributed by atoms with van der Waals surface area (Å²) in [5.74, 6) is -0.340. The predicted octanol–water partition coefficient (Wildman–Crippen LogP) is -0.720. The summed E-state index contributed by atoms with van der Waals surface area (Å²) in [6.07, 6.45) is 0.301. The number of hydrogen-bond acceptors (Lipinski definition) is 3. The summed E-state index contributed by atoms with van der Waals surface area (Å²) in [7, 11) is 1.61. The Kier molecular flexibility index (Phi) is 4.11. The number of aliphatic hydroxyl groups excluding tert-OH is 1. The summed E-state index contributed by atoms with van der Waals surface area (Å²) in [4.78, 5) is 10.4. The fraction of sp³-hybridized carbons (Fsp3) is 0.833. The van der Waals surface area contributed by atoms with Crippen LogP contribution in [0.5, 0.6) is 0 Å². The summed E-state index contributed by atoms with van der Waals surface area (Å²) < 4.78 is 4.77. The molecule has 0 aromatic heterocycles. The zero-order chi connectivity index (χ0) is 8.15. The van der Waals surface area contributed by atoms with E-state index in [1.54, 1.807) is 7.85 Å². The van der Waals surface area contributed by atoms with Crippen molar-refractivity contribution in [2.75, 3.05) is 0 Å². The first-order chi connectivity index (χ1) is 4.57. The van der Waals surface area contributed by atoms with Gasteiger partial charge < -0.3 is 9.84 Å². The minimum absolute atomic E-state index is 0.340. The Bertz CT molecular complexity index is 114. The van der Waals surface area contributed by atoms with Crippen LogP contribution in [0.15, 0.2) is 0 Å². The van der Waals surface area contributed by atoms with E-state index in [1.165, 1.54) is 6.92 Å². The maximum Gasteiger partial charge on any atom is 0.302 e. The quantitative estimate of drug-likeness (QED) is 0.420. The lowest BCUT2D eigenvalue weighted by atomic mass is 9.93. The van der Waals surface area contributed by atoms with Gasteiger partial charge in [-0.1, -0.05) is 6.92 Å². The average molecular weight is 144 g/mol. The highest BCUT2D eigenvalue weighted by Gasteiger charge is 2.14. The zero-order valence-electron chi connectivity index (χ0n) is 6.63. The molecular formula is C6H13BO3. The van der Waals surface area contributed by atoms with E-state index in [1.807, 2.05) is 6.92 Å². The highest BCUT2D eigenvalue weighted by Crippen LogP contribution is 2.01. The number of aliphatic hydroxyl groups is 1. The normalized spacial score (nSPS) is 15.9. The summed E-state index contributed by atoms with van der Waals surface area (Å²) in [5.41, 5.74) is 0. The monoisotopic (exact) mass is 144 g/mol. The standard InChI is InChI=1S/C6H13BO3/c1-3-5(6(7)9)10-4(2)8/h5-6,9H,3,7H2,1-2H3. The minimum Gasteiger partial charge on any atom is -0.461 e. The molecule has 0 saturated heterocycles. The van der Waals surface area contributed by atoms with Crippen LogP contribution in [0.3, 0.4) is 0 Å². The first-order valence-electron chi connectivity index (χ1n) is 3.43. The van der Waals surface area contributed by atoms with Gasteiger partial charge in [-0.25, -0.2) is 0 Å². The molecule has 1 N–H and O–H groups in total. The maximum absolute atomic E-state index is 10.4. The molecule has 3 nitrogen and oxygen atoms in total. The molecule has 0 spiro atoms. The average Bonchev–Trinajstić information content (AvgIpc) is 1.81. The molecule has 58 valence electrons. The zero-order valence-corrected chi connectivity index (χ0v) is 6.63. The topological polar surface area (TPSA) is 46.5 Å². The number of carbonyl (C=O) groups excluding carboxylic acids is 1. The molecule has 0 fully saturated rings. The Labute approximate surface area is 61.8 Å². The van der Waals surface area contributed by atoms with E-state index in [2.05, 4.69) is 0 Å². The number of rotatable bonds is 3. The second-order valence-corrected chi connectivity index (χ2v) is 2.30. The molecule has 0 heterocycles. The van der Waals surface area contributed by atoms with Crippen LogP contribution in [0, 0.1) is 0 Å². The van der Waals surface area contributed by atoms with Crippen LogP contribution in [0.2, 0.25) is 0 Å². The Balaban J connectivity index is 3.71. The molecule has 0 bridgehead atoms. The van der Waals surface area contributed by atoms with Crippen molar-refractivity contribution >= 4 is 13.8 Å². The largest absolute Gasteiger partial charge is 0.461 e. The predicted molar refractivity (Wildman–Crippen MR) is 40.4 cm³/mol. The van der Waals surface area contributed by atoms with Crippen molar-refractivity contribution in [2.45, 2.75) is 32.4 Å². The molecule has 0 rings (SSSR count). The van der Waals surface area contributed by atoms with E-state index in [9.17, 15) is 4.79 Å². The van der Waals surface area contributed by atoms with Crippen LogP contribution < -0.4 is 0 Å². The van der Waals surface area contributed by atoms with Crippen LogP contribution in [-0.4, -0.2) is 31.0 Å². The molecule has 0 aliphatic carbocycles. The van der Waals surface area contributed by atoms with E-state index in [0.29, 0.717) is 6.42 Å². The van der Waals surface area contributed by atoms with Gasteiger partial charge in [0.15, 0.2) is 0 Å². The fourth-order valence-electron chi connectivity index (χ4n) is 0.736. The third-order valence-electron chi connectivity index (χ3n) is 1.26. The lowest BCUT2D eigenvalue weighted by Gasteiger charge is -2.17. The number of ether oxygens (including phenoxy) is 1. The van der Waals surface area contributed by atoms with E-state index in [-0.39, 0.29) is 12.1 Å². The van der Waals surface area contributed by atoms with Gasteiger partial charge in [0, 0.05) is 6.92 Å². The lowest BCUT2D eigenvalue weighted by molar-refractivity contribution is -0.149. The third-order valence-corrected chi connectivity index (χ3v) is 1.26. The van der Waals surface area contributed by atoms with Gasteiger partial charge in [-0.15, -0.1) is 0 Å². The van der Waals surface area contributed by atoms with Crippen molar-refractivity contribution in [3.63, 3.8) is 0 Å². The molecule has 0 radical (unpaired) electrons. The van der Waals surface area contributed by atoms with Gasteiger partial charge in [0.1, 0.15) is 14.0 Å². The minimum atomic E-state index is -0.575. The Morgan fingerprint density at radius 2 is 2.30 bits per heavy atom. The summed E-state index contributed by atoms with van der Waals surface area (Å²) >= 11 is 0. The first-order valence-corrected chi connectivity index (χ1v) is 3.43. The van der Waals surface area contributed by atoms with Gasteiger partial charge in [0.05, 0.1) is 6.00 Å². The second-order valence-electron chi connectivity index (χ2n) is 2.30. The van der Waals surface area contributed by atoms with Crippen molar-refractivity contribution in [1.29, 1.82) is 0 Å². The SMILES string of the molecule is BC(O)C(CC)OC(C)=O. The molecule has 0 saturated carbocycles. The van der Waals surface area contributed by atoms with Crippen LogP contribution in [-0.2, 0) is 9.53 Å². The molecule has 0 amide bonds. The fourth-order valence-corrected chi connectivity index (χ4v) is 0.736. The molecule has 0 aliphatic rings. The van der Waals surface area contributed by atoms with Gasteiger partial charge in [-0.05, 0) is 6.42 Å². The molecule has 0 aromatic rings. The Morgan fingerprint density at radius 3 is 2.40 bits per heavy atom. The maximum atomic E-state index is 10.4. The van der Waals surface area contributed by atoms with Crippen molar-refractivity contribution in [3.8, 4) is 0 Å². The second kappa shape index (κ2) is 4.33. The van der Waals surface area contributed by atoms with Crippen molar-refractivity contribution in [1.82, 2.24) is 0 Å². The lowest BCUT2D eigenvalue weighted by Crippen LogP contribution is -2.30. The van der Waals surface area contributed by atoms with Gasteiger partial charge in [0.25, 0.3) is 0 Å². The molecule has 0 aliphatic heterocycles. The molecule has 10 heavy (non-hydrogen) atoms.